The van der Waals surface area contributed by atoms with Crippen molar-refractivity contribution in [1.29, 1.82) is 0 Å². The standard InChI is InChI=1S/C16H14N2O2S/c1-11-6-3-4-7-13(11)18-14(15-8-5-9-21-15)10-12(17-18)16(19)20-2/h3-10H,1-2H3. The normalized spacial score (nSPS) is 10.6. The van der Waals surface area contributed by atoms with E-state index in [4.69, 9.17) is 4.74 Å². The Hall–Kier alpha value is -2.40. The largest absolute Gasteiger partial charge is 0.464 e. The molecule has 0 bridgehead atoms. The fourth-order valence-electron chi connectivity index (χ4n) is 2.17. The van der Waals surface area contributed by atoms with Gasteiger partial charge in [0.25, 0.3) is 0 Å². The Labute approximate surface area is 126 Å². The van der Waals surface area contributed by atoms with Crippen molar-refractivity contribution in [1.82, 2.24) is 9.78 Å². The second kappa shape index (κ2) is 5.54. The number of ether oxygens (including phenoxy) is 1. The Balaban J connectivity index is 2.21. The van der Waals surface area contributed by atoms with E-state index in [1.165, 1.54) is 7.11 Å². The molecule has 106 valence electrons. The van der Waals surface area contributed by atoms with Crippen LogP contribution in [0.4, 0.5) is 0 Å². The molecule has 4 nitrogen and oxygen atoms in total. The van der Waals surface area contributed by atoms with Crippen LogP contribution < -0.4 is 0 Å². The highest BCUT2D eigenvalue weighted by molar-refractivity contribution is 7.13. The van der Waals surface area contributed by atoms with Crippen molar-refractivity contribution in [3.05, 3.63) is 59.1 Å². The van der Waals surface area contributed by atoms with Gasteiger partial charge in [-0.05, 0) is 30.0 Å². The van der Waals surface area contributed by atoms with E-state index in [0.717, 1.165) is 21.8 Å². The number of hydrogen-bond donors (Lipinski definition) is 0. The fourth-order valence-corrected chi connectivity index (χ4v) is 2.90. The van der Waals surface area contributed by atoms with Crippen molar-refractivity contribution in [2.24, 2.45) is 0 Å². The highest BCUT2D eigenvalue weighted by Gasteiger charge is 2.18. The molecule has 0 spiro atoms. The summed E-state index contributed by atoms with van der Waals surface area (Å²) in [6.45, 7) is 2.02. The van der Waals surface area contributed by atoms with E-state index in [-0.39, 0.29) is 0 Å². The van der Waals surface area contributed by atoms with Gasteiger partial charge in [0.2, 0.25) is 0 Å². The quantitative estimate of drug-likeness (QED) is 0.693. The van der Waals surface area contributed by atoms with Crippen LogP contribution in [0.25, 0.3) is 16.3 Å². The van der Waals surface area contributed by atoms with E-state index in [0.29, 0.717) is 5.69 Å². The molecule has 3 rings (SSSR count). The maximum atomic E-state index is 11.8. The number of hydrogen-bond acceptors (Lipinski definition) is 4. The van der Waals surface area contributed by atoms with Gasteiger partial charge in [0.1, 0.15) is 0 Å². The SMILES string of the molecule is COC(=O)c1cc(-c2cccs2)n(-c2ccccc2C)n1. The van der Waals surface area contributed by atoms with Crippen LogP contribution in [0.2, 0.25) is 0 Å². The van der Waals surface area contributed by atoms with Gasteiger partial charge in [-0.25, -0.2) is 9.48 Å². The molecule has 21 heavy (non-hydrogen) atoms. The third-order valence-corrected chi connectivity index (χ3v) is 4.11. The first-order valence-electron chi connectivity index (χ1n) is 6.49. The maximum Gasteiger partial charge on any atom is 0.358 e. The first kappa shape index (κ1) is 13.6. The van der Waals surface area contributed by atoms with Crippen LogP contribution >= 0.6 is 11.3 Å². The van der Waals surface area contributed by atoms with Crippen molar-refractivity contribution in [3.63, 3.8) is 0 Å². The first-order valence-corrected chi connectivity index (χ1v) is 7.37. The van der Waals surface area contributed by atoms with E-state index in [2.05, 4.69) is 5.10 Å². The molecule has 1 aromatic carbocycles. The number of aromatic nitrogens is 2. The summed E-state index contributed by atoms with van der Waals surface area (Å²) in [5.74, 6) is -0.430. The van der Waals surface area contributed by atoms with Crippen molar-refractivity contribution in [2.75, 3.05) is 7.11 Å². The van der Waals surface area contributed by atoms with Crippen LogP contribution in [0, 0.1) is 6.92 Å². The number of esters is 1. The van der Waals surface area contributed by atoms with E-state index >= 15 is 0 Å². The highest BCUT2D eigenvalue weighted by atomic mass is 32.1. The maximum absolute atomic E-state index is 11.8. The summed E-state index contributed by atoms with van der Waals surface area (Å²) in [7, 11) is 1.36. The van der Waals surface area contributed by atoms with Crippen LogP contribution in [-0.2, 0) is 4.74 Å². The number of rotatable bonds is 3. The van der Waals surface area contributed by atoms with Gasteiger partial charge in [-0.3, -0.25) is 0 Å². The van der Waals surface area contributed by atoms with E-state index in [1.807, 2.05) is 48.7 Å². The van der Waals surface area contributed by atoms with Gasteiger partial charge in [-0.15, -0.1) is 11.3 Å². The number of aryl methyl sites for hydroxylation is 1. The van der Waals surface area contributed by atoms with Crippen molar-refractivity contribution in [2.45, 2.75) is 6.92 Å². The van der Waals surface area contributed by atoms with Crippen molar-refractivity contribution < 1.29 is 9.53 Å². The van der Waals surface area contributed by atoms with Gasteiger partial charge in [-0.1, -0.05) is 24.3 Å². The van der Waals surface area contributed by atoms with Crippen molar-refractivity contribution in [3.8, 4) is 16.3 Å². The molecule has 0 saturated carbocycles. The molecule has 0 amide bonds. The van der Waals surface area contributed by atoms with Crippen LogP contribution in [0.1, 0.15) is 16.1 Å². The third-order valence-electron chi connectivity index (χ3n) is 3.22. The summed E-state index contributed by atoms with van der Waals surface area (Å²) >= 11 is 1.61. The molecular weight excluding hydrogens is 284 g/mol. The Bertz CT molecular complexity index is 775. The van der Waals surface area contributed by atoms with Crippen molar-refractivity contribution >= 4 is 17.3 Å². The molecule has 0 aliphatic heterocycles. The van der Waals surface area contributed by atoms with E-state index in [9.17, 15) is 4.79 Å². The molecule has 2 heterocycles. The van der Waals surface area contributed by atoms with Crippen LogP contribution in [0.15, 0.2) is 47.8 Å². The summed E-state index contributed by atoms with van der Waals surface area (Å²) in [4.78, 5) is 12.8. The molecule has 0 saturated heterocycles. The number of thiophene rings is 1. The van der Waals surface area contributed by atoms with Crippen LogP contribution in [0.3, 0.4) is 0 Å². The number of carbonyl (C=O) groups is 1. The summed E-state index contributed by atoms with van der Waals surface area (Å²) in [6.07, 6.45) is 0. The molecule has 5 heteroatoms. The predicted octanol–water partition coefficient (Wildman–Crippen LogP) is 3.70. The second-order valence-corrected chi connectivity index (χ2v) is 5.53. The van der Waals surface area contributed by atoms with Gasteiger partial charge in [0, 0.05) is 6.07 Å². The Morgan fingerprint density at radius 2 is 2.05 bits per heavy atom. The molecule has 0 aliphatic carbocycles. The zero-order chi connectivity index (χ0) is 14.8. The molecule has 0 radical (unpaired) electrons. The average Bonchev–Trinajstić information content (AvgIpc) is 3.15. The predicted molar refractivity (Wildman–Crippen MR) is 83.0 cm³/mol. The van der Waals surface area contributed by atoms with E-state index in [1.54, 1.807) is 22.1 Å². The molecule has 0 atom stereocenters. The number of nitrogens with zero attached hydrogens (tertiary/aromatic N) is 2. The first-order chi connectivity index (χ1) is 10.2. The van der Waals surface area contributed by atoms with Gasteiger partial charge in [0.15, 0.2) is 5.69 Å². The van der Waals surface area contributed by atoms with E-state index < -0.39 is 5.97 Å². The Morgan fingerprint density at radius 1 is 1.24 bits per heavy atom. The monoisotopic (exact) mass is 298 g/mol. The number of methoxy groups -OCH3 is 1. The third kappa shape index (κ3) is 2.48. The zero-order valence-corrected chi connectivity index (χ0v) is 12.6. The minimum absolute atomic E-state index is 0.309. The fraction of sp³-hybridized carbons (Fsp3) is 0.125. The zero-order valence-electron chi connectivity index (χ0n) is 11.7. The van der Waals surface area contributed by atoms with Gasteiger partial charge < -0.3 is 4.74 Å². The molecule has 0 N–H and O–H groups in total. The topological polar surface area (TPSA) is 44.1 Å². The summed E-state index contributed by atoms with van der Waals surface area (Å²) in [6, 6.07) is 13.7. The van der Waals surface area contributed by atoms with Gasteiger partial charge >= 0.3 is 5.97 Å². The summed E-state index contributed by atoms with van der Waals surface area (Å²) in [5, 5.41) is 6.42. The minimum atomic E-state index is -0.430. The Kier molecular flexibility index (Phi) is 3.58. The summed E-state index contributed by atoms with van der Waals surface area (Å²) in [5.41, 5.74) is 3.25. The van der Waals surface area contributed by atoms with Gasteiger partial charge in [-0.2, -0.15) is 5.10 Å². The highest BCUT2D eigenvalue weighted by Crippen LogP contribution is 2.29. The molecule has 2 aromatic heterocycles. The molecule has 0 fully saturated rings. The molecular formula is C16H14N2O2S. The van der Waals surface area contributed by atoms with Crippen LogP contribution in [-0.4, -0.2) is 22.9 Å². The second-order valence-electron chi connectivity index (χ2n) is 4.58. The lowest BCUT2D eigenvalue weighted by Crippen LogP contribution is -2.05. The smallest absolute Gasteiger partial charge is 0.358 e. The Morgan fingerprint density at radius 3 is 2.71 bits per heavy atom. The van der Waals surface area contributed by atoms with Gasteiger partial charge in [0.05, 0.1) is 23.4 Å². The summed E-state index contributed by atoms with van der Waals surface area (Å²) < 4.78 is 6.58. The molecule has 0 unspecified atom stereocenters. The molecule has 3 aromatic rings. The lowest BCUT2D eigenvalue weighted by atomic mass is 10.2. The molecule has 0 aliphatic rings. The lowest BCUT2D eigenvalue weighted by molar-refractivity contribution is 0.0593. The lowest BCUT2D eigenvalue weighted by Gasteiger charge is -2.08. The average molecular weight is 298 g/mol. The minimum Gasteiger partial charge on any atom is -0.464 e. The number of benzene rings is 1. The number of para-hydroxylation sites is 1. The number of carbonyl (C=O) groups excluding carboxylic acids is 1. The van der Waals surface area contributed by atoms with Crippen LogP contribution in [0.5, 0.6) is 0 Å².